The molecule has 0 saturated carbocycles. The van der Waals surface area contributed by atoms with Gasteiger partial charge in [-0.05, 0) is 37.1 Å². The predicted molar refractivity (Wildman–Crippen MR) is 129 cm³/mol. The van der Waals surface area contributed by atoms with E-state index in [0.29, 0.717) is 5.82 Å². The summed E-state index contributed by atoms with van der Waals surface area (Å²) in [6.07, 6.45) is 3.35. The first-order valence-corrected chi connectivity index (χ1v) is 11.3. The van der Waals surface area contributed by atoms with Crippen molar-refractivity contribution in [2.24, 2.45) is 5.16 Å². The summed E-state index contributed by atoms with van der Waals surface area (Å²) >= 11 is 1.65. The van der Waals surface area contributed by atoms with Crippen LogP contribution in [0.4, 0.5) is 0 Å². The number of fused-ring (bicyclic) bond motifs is 4. The van der Waals surface area contributed by atoms with Crippen LogP contribution in [0.15, 0.2) is 66.1 Å². The molecular formula is C24H19N7OS. The van der Waals surface area contributed by atoms with E-state index in [9.17, 15) is 0 Å². The molecule has 0 aliphatic heterocycles. The predicted octanol–water partition coefficient (Wildman–Crippen LogP) is 4.85. The largest absolute Gasteiger partial charge is 0.387 e. The fourth-order valence-corrected chi connectivity index (χ4v) is 4.91. The maximum atomic E-state index is 5.42. The van der Waals surface area contributed by atoms with Crippen molar-refractivity contribution in [3.8, 4) is 5.13 Å². The van der Waals surface area contributed by atoms with Gasteiger partial charge >= 0.3 is 0 Å². The zero-order valence-electron chi connectivity index (χ0n) is 18.0. The Balaban J connectivity index is 1.37. The Hall–Kier alpha value is -4.11. The van der Waals surface area contributed by atoms with Crippen molar-refractivity contribution in [3.63, 3.8) is 0 Å². The SMILES string of the molecule is Cc1c(C)n(-c2nc3ccccc3s2)c2ncn3nc(CO/N=C/c4ccccc4)nc3c12. The minimum Gasteiger partial charge on any atom is -0.387 e. The van der Waals surface area contributed by atoms with Crippen molar-refractivity contribution in [2.75, 3.05) is 0 Å². The second-order valence-electron chi connectivity index (χ2n) is 7.67. The summed E-state index contributed by atoms with van der Waals surface area (Å²) in [5, 5.41) is 10.4. The van der Waals surface area contributed by atoms with Crippen molar-refractivity contribution in [3.05, 3.63) is 83.6 Å². The number of nitrogens with zero attached hydrogens (tertiary/aromatic N) is 7. The van der Waals surface area contributed by atoms with E-state index in [1.54, 1.807) is 28.4 Å². The Morgan fingerprint density at radius 3 is 2.67 bits per heavy atom. The number of aromatic nitrogens is 6. The van der Waals surface area contributed by atoms with Gasteiger partial charge in [-0.2, -0.15) is 0 Å². The van der Waals surface area contributed by atoms with Gasteiger partial charge in [-0.25, -0.2) is 19.5 Å². The molecule has 6 aromatic rings. The molecule has 4 aromatic heterocycles. The monoisotopic (exact) mass is 453 g/mol. The lowest BCUT2D eigenvalue weighted by Crippen LogP contribution is -1.98. The Kier molecular flexibility index (Phi) is 4.62. The molecule has 0 unspecified atom stereocenters. The topological polar surface area (TPSA) is 82.5 Å². The van der Waals surface area contributed by atoms with Crippen LogP contribution in [0.1, 0.15) is 22.6 Å². The molecular weight excluding hydrogens is 434 g/mol. The van der Waals surface area contributed by atoms with Gasteiger partial charge in [0.1, 0.15) is 6.33 Å². The minimum absolute atomic E-state index is 0.170. The fourth-order valence-electron chi connectivity index (χ4n) is 3.89. The van der Waals surface area contributed by atoms with Crippen LogP contribution in [-0.2, 0) is 11.4 Å². The van der Waals surface area contributed by atoms with Crippen LogP contribution in [-0.4, -0.2) is 35.3 Å². The number of para-hydroxylation sites is 1. The molecule has 162 valence electrons. The van der Waals surface area contributed by atoms with E-state index in [-0.39, 0.29) is 6.61 Å². The fraction of sp³-hybridized carbons (Fsp3) is 0.125. The van der Waals surface area contributed by atoms with Crippen molar-refractivity contribution in [1.29, 1.82) is 0 Å². The van der Waals surface area contributed by atoms with Gasteiger partial charge in [0, 0.05) is 5.69 Å². The summed E-state index contributed by atoms with van der Waals surface area (Å²) < 4.78 is 4.94. The van der Waals surface area contributed by atoms with E-state index in [0.717, 1.165) is 48.8 Å². The number of benzene rings is 2. The molecule has 0 aliphatic rings. The summed E-state index contributed by atoms with van der Waals surface area (Å²) in [7, 11) is 0. The first-order chi connectivity index (χ1) is 16.2. The molecule has 0 radical (unpaired) electrons. The normalized spacial score (nSPS) is 11.9. The summed E-state index contributed by atoms with van der Waals surface area (Å²) in [5.41, 5.74) is 5.69. The van der Waals surface area contributed by atoms with E-state index >= 15 is 0 Å². The van der Waals surface area contributed by atoms with E-state index < -0.39 is 0 Å². The first-order valence-electron chi connectivity index (χ1n) is 10.5. The molecule has 0 N–H and O–H groups in total. The summed E-state index contributed by atoms with van der Waals surface area (Å²) in [4.78, 5) is 19.7. The lowest BCUT2D eigenvalue weighted by atomic mass is 10.2. The number of thiazole rings is 1. The third-order valence-corrected chi connectivity index (χ3v) is 6.64. The van der Waals surface area contributed by atoms with E-state index in [2.05, 4.69) is 34.7 Å². The molecule has 0 fully saturated rings. The molecule has 6 rings (SSSR count). The quantitative estimate of drug-likeness (QED) is 0.275. The highest BCUT2D eigenvalue weighted by atomic mass is 32.1. The van der Waals surface area contributed by atoms with Crippen molar-refractivity contribution >= 4 is 44.4 Å². The molecule has 0 saturated heterocycles. The highest BCUT2D eigenvalue weighted by Gasteiger charge is 2.20. The molecule has 0 spiro atoms. The number of hydrogen-bond donors (Lipinski definition) is 0. The highest BCUT2D eigenvalue weighted by molar-refractivity contribution is 7.20. The third-order valence-electron chi connectivity index (χ3n) is 5.62. The third kappa shape index (κ3) is 3.33. The number of aryl methyl sites for hydroxylation is 1. The number of oxime groups is 1. The molecule has 0 atom stereocenters. The minimum atomic E-state index is 0.170. The Bertz CT molecular complexity index is 1610. The second-order valence-corrected chi connectivity index (χ2v) is 8.68. The first kappa shape index (κ1) is 19.6. The van der Waals surface area contributed by atoms with Crippen molar-refractivity contribution in [1.82, 2.24) is 29.1 Å². The average Bonchev–Trinajstić information content (AvgIpc) is 3.51. The lowest BCUT2D eigenvalue weighted by Gasteiger charge is -2.02. The zero-order chi connectivity index (χ0) is 22.4. The van der Waals surface area contributed by atoms with Gasteiger partial charge in [-0.15, -0.1) is 5.10 Å². The van der Waals surface area contributed by atoms with Gasteiger partial charge in [0.2, 0.25) is 0 Å². The summed E-state index contributed by atoms with van der Waals surface area (Å²) in [5.74, 6) is 0.541. The van der Waals surface area contributed by atoms with Gasteiger partial charge < -0.3 is 4.84 Å². The van der Waals surface area contributed by atoms with Crippen molar-refractivity contribution < 1.29 is 4.84 Å². The number of rotatable bonds is 5. The van der Waals surface area contributed by atoms with Crippen LogP contribution in [0.3, 0.4) is 0 Å². The standard InChI is InChI=1S/C24H19N7OS/c1-15-16(2)31(24-27-18-10-6-7-11-19(18)33-24)22-21(15)23-28-20(29-30(23)14-25-22)13-32-26-12-17-8-4-3-5-9-17/h3-12,14H,13H2,1-2H3/b26-12+. The van der Waals surface area contributed by atoms with Crippen molar-refractivity contribution in [2.45, 2.75) is 20.5 Å². The molecule has 2 aromatic carbocycles. The maximum Gasteiger partial charge on any atom is 0.196 e. The molecule has 9 heteroatoms. The Morgan fingerprint density at radius 1 is 1.00 bits per heavy atom. The van der Waals surface area contributed by atoms with Gasteiger partial charge in [-0.3, -0.25) is 4.57 Å². The van der Waals surface area contributed by atoms with E-state index in [1.165, 1.54) is 0 Å². The van der Waals surface area contributed by atoms with Crippen LogP contribution >= 0.6 is 11.3 Å². The van der Waals surface area contributed by atoms with Gasteiger partial charge in [-0.1, -0.05) is 59.0 Å². The van der Waals surface area contributed by atoms with Crippen LogP contribution < -0.4 is 0 Å². The Morgan fingerprint density at radius 2 is 1.82 bits per heavy atom. The van der Waals surface area contributed by atoms with Crippen LogP contribution in [0.2, 0.25) is 0 Å². The highest BCUT2D eigenvalue weighted by Crippen LogP contribution is 2.33. The Labute approximate surface area is 192 Å². The summed E-state index contributed by atoms with van der Waals surface area (Å²) in [6.45, 7) is 4.33. The molecule has 0 bridgehead atoms. The number of hydrogen-bond acceptors (Lipinski definition) is 7. The molecule has 0 amide bonds. The van der Waals surface area contributed by atoms with Gasteiger partial charge in [0.15, 0.2) is 28.9 Å². The van der Waals surface area contributed by atoms with Crippen LogP contribution in [0.5, 0.6) is 0 Å². The van der Waals surface area contributed by atoms with E-state index in [4.69, 9.17) is 19.8 Å². The zero-order valence-corrected chi connectivity index (χ0v) is 18.8. The molecule has 8 nitrogen and oxygen atoms in total. The summed E-state index contributed by atoms with van der Waals surface area (Å²) in [6, 6.07) is 17.9. The molecule has 4 heterocycles. The average molecular weight is 454 g/mol. The maximum absolute atomic E-state index is 5.42. The van der Waals surface area contributed by atoms with E-state index in [1.807, 2.05) is 48.5 Å². The molecule has 33 heavy (non-hydrogen) atoms. The van der Waals surface area contributed by atoms with Gasteiger partial charge in [0.05, 0.1) is 21.8 Å². The van der Waals surface area contributed by atoms with Crippen LogP contribution in [0, 0.1) is 13.8 Å². The smallest absolute Gasteiger partial charge is 0.196 e. The molecule has 0 aliphatic carbocycles. The van der Waals surface area contributed by atoms with Gasteiger partial charge in [0.25, 0.3) is 0 Å². The second kappa shape index (κ2) is 7.79. The van der Waals surface area contributed by atoms with Crippen LogP contribution in [0.25, 0.3) is 32.0 Å². The lowest BCUT2D eigenvalue weighted by molar-refractivity contribution is 0.126.